The van der Waals surface area contributed by atoms with Gasteiger partial charge in [0.1, 0.15) is 0 Å². The lowest BCUT2D eigenvalue weighted by atomic mass is 11.3. The molecule has 0 N–H and O–H groups in total. The van der Waals surface area contributed by atoms with E-state index < -0.39 is 21.7 Å². The maximum Gasteiger partial charge on any atom is 0.239 e. The molecule has 1 unspecified atom stereocenters. The summed E-state index contributed by atoms with van der Waals surface area (Å²) in [5, 5.41) is 0. The maximum absolute atomic E-state index is 6.95. The molecule has 1 aliphatic heterocycles. The number of nitrogens with zero attached hydrogens (tertiary/aromatic N) is 8. The van der Waals surface area contributed by atoms with E-state index in [4.69, 9.17) is 24.8 Å². The molecule has 1 aliphatic rings. The third-order valence-corrected chi connectivity index (χ3v) is 16.5. The monoisotopic (exact) mass is 390 g/mol. The molecule has 0 aromatic carbocycles. The Labute approximate surface area is 140 Å². The zero-order valence-electron chi connectivity index (χ0n) is 15.3. The fourth-order valence-corrected chi connectivity index (χ4v) is 16.6. The Morgan fingerprint density at radius 3 is 1.09 bits per heavy atom. The molecule has 0 saturated heterocycles. The van der Waals surface area contributed by atoms with Crippen LogP contribution >= 0.6 is 33.0 Å². The molecule has 132 valence electrons. The molecule has 0 bridgehead atoms. The van der Waals surface area contributed by atoms with Crippen molar-refractivity contribution in [2.45, 2.75) is 0 Å². The Morgan fingerprint density at radius 2 is 0.818 bits per heavy atom. The first kappa shape index (κ1) is 20.8. The van der Waals surface area contributed by atoms with E-state index in [9.17, 15) is 0 Å². The van der Waals surface area contributed by atoms with Gasteiger partial charge in [0.2, 0.25) is 21.7 Å². The van der Waals surface area contributed by atoms with E-state index in [2.05, 4.69) is 18.7 Å². The van der Waals surface area contributed by atoms with E-state index in [-0.39, 0.29) is 0 Å². The topological polar surface area (TPSA) is 53.3 Å². The van der Waals surface area contributed by atoms with Crippen molar-refractivity contribution in [3.63, 3.8) is 0 Å². The van der Waals surface area contributed by atoms with E-state index in [1.807, 2.05) is 75.1 Å². The van der Waals surface area contributed by atoms with Gasteiger partial charge < -0.3 is 0 Å². The van der Waals surface area contributed by atoms with Crippen LogP contribution in [0.2, 0.25) is 0 Å². The van der Waals surface area contributed by atoms with Gasteiger partial charge in [-0.25, -0.2) is 23.4 Å². The minimum atomic E-state index is -2.50. The van der Waals surface area contributed by atoms with Crippen molar-refractivity contribution in [1.29, 1.82) is 0 Å². The Bertz CT molecular complexity index is 537. The summed E-state index contributed by atoms with van der Waals surface area (Å²) in [5.74, 6) is 0. The number of rotatable bonds is 5. The van der Waals surface area contributed by atoms with E-state index in [1.165, 1.54) is 0 Å². The van der Waals surface area contributed by atoms with Crippen molar-refractivity contribution in [2.75, 3.05) is 70.5 Å². The highest BCUT2D eigenvalue weighted by molar-refractivity contribution is 7.96. The van der Waals surface area contributed by atoms with Gasteiger partial charge in [-0.15, -0.1) is 0 Å². The molecule has 0 spiro atoms. The van der Waals surface area contributed by atoms with Crippen LogP contribution in [0.3, 0.4) is 0 Å². The second-order valence-corrected chi connectivity index (χ2v) is 16.7. The van der Waals surface area contributed by atoms with Crippen LogP contribution in [-0.2, 0) is 0 Å². The first-order chi connectivity index (χ1) is 9.84. The van der Waals surface area contributed by atoms with Crippen LogP contribution in [0.5, 0.6) is 0 Å². The predicted octanol–water partition coefficient (Wildman–Crippen LogP) is 3.89. The number of halogens is 1. The molecule has 0 aliphatic carbocycles. The second-order valence-electron chi connectivity index (χ2n) is 6.07. The molecular formula is C10H30ClN8P3. The van der Waals surface area contributed by atoms with Crippen molar-refractivity contribution in [3.05, 3.63) is 0 Å². The van der Waals surface area contributed by atoms with Crippen molar-refractivity contribution >= 4 is 33.0 Å². The summed E-state index contributed by atoms with van der Waals surface area (Å²) in [4.78, 5) is 0. The largest absolute Gasteiger partial charge is 0.246 e. The van der Waals surface area contributed by atoms with Crippen molar-refractivity contribution in [2.24, 2.45) is 13.5 Å². The Morgan fingerprint density at radius 1 is 0.500 bits per heavy atom. The third kappa shape index (κ3) is 3.42. The average molecular weight is 391 g/mol. The van der Waals surface area contributed by atoms with Crippen LogP contribution in [0.15, 0.2) is 13.5 Å². The molecule has 1 heterocycles. The van der Waals surface area contributed by atoms with Crippen LogP contribution in [-0.4, -0.2) is 93.8 Å². The van der Waals surface area contributed by atoms with E-state index in [1.54, 1.807) is 0 Å². The van der Waals surface area contributed by atoms with Crippen LogP contribution in [0.1, 0.15) is 0 Å². The van der Waals surface area contributed by atoms with Crippen LogP contribution in [0, 0.1) is 0 Å². The molecule has 0 saturated carbocycles. The zero-order chi connectivity index (χ0) is 17.5. The Kier molecular flexibility index (Phi) is 6.58. The van der Waals surface area contributed by atoms with Crippen molar-refractivity contribution < 1.29 is 0 Å². The van der Waals surface area contributed by atoms with Gasteiger partial charge in [-0.05, 0) is 81.7 Å². The summed E-state index contributed by atoms with van der Waals surface area (Å²) in [6, 6.07) is 0. The summed E-state index contributed by atoms with van der Waals surface area (Å²) in [6.07, 6.45) is 0. The molecule has 12 heteroatoms. The lowest BCUT2D eigenvalue weighted by Gasteiger charge is -2.44. The van der Waals surface area contributed by atoms with Gasteiger partial charge >= 0.3 is 0 Å². The minimum absolute atomic E-state index is 1.94. The molecule has 1 rings (SSSR count). The lowest BCUT2D eigenvalue weighted by molar-refractivity contribution is 0.543. The molecule has 1 atom stereocenters. The van der Waals surface area contributed by atoms with Gasteiger partial charge in [-0.1, -0.05) is 0 Å². The highest BCUT2D eigenvalue weighted by Crippen LogP contribution is 2.82. The Hall–Kier alpha value is 0.780. The molecular weight excluding hydrogens is 361 g/mol. The van der Waals surface area contributed by atoms with Crippen molar-refractivity contribution in [1.82, 2.24) is 23.4 Å². The van der Waals surface area contributed by atoms with Gasteiger partial charge in [0.05, 0.1) is 0 Å². The summed E-state index contributed by atoms with van der Waals surface area (Å²) in [7, 11) is 15.5. The summed E-state index contributed by atoms with van der Waals surface area (Å²) in [5.41, 5.74) is 0. The van der Waals surface area contributed by atoms with E-state index >= 15 is 0 Å². The van der Waals surface area contributed by atoms with Crippen LogP contribution in [0.4, 0.5) is 0 Å². The molecule has 8 nitrogen and oxygen atoms in total. The fraction of sp³-hybridized carbons (Fsp3) is 1.00. The maximum atomic E-state index is 6.95. The SMILES string of the molecule is CN(C)P1(Cl)=NP(N(C)C)(N(C)C)=NP(N(C)C)(N(C)C)=N1. The first-order valence-electron chi connectivity index (χ1n) is 6.84. The fourth-order valence-electron chi connectivity index (χ4n) is 2.04. The third-order valence-electron chi connectivity index (χ3n) is 3.36. The predicted molar refractivity (Wildman–Crippen MR) is 102 cm³/mol. The lowest BCUT2D eigenvalue weighted by Crippen LogP contribution is -2.26. The summed E-state index contributed by atoms with van der Waals surface area (Å²) < 4.78 is 25.6. The second kappa shape index (κ2) is 6.95. The summed E-state index contributed by atoms with van der Waals surface area (Å²) in [6.45, 7) is -2.50. The molecule has 22 heavy (non-hydrogen) atoms. The van der Waals surface area contributed by atoms with Gasteiger partial charge in [-0.2, -0.15) is 13.5 Å². The number of hydrogen-bond donors (Lipinski definition) is 0. The molecule has 0 amide bonds. The van der Waals surface area contributed by atoms with Gasteiger partial charge in [0.25, 0.3) is 0 Å². The van der Waals surface area contributed by atoms with Crippen LogP contribution in [0.25, 0.3) is 0 Å². The summed E-state index contributed by atoms with van der Waals surface area (Å²) >= 11 is 6.95. The normalized spacial score (nSPS) is 27.3. The number of hydrogen-bond acceptors (Lipinski definition) is 8. The minimum Gasteiger partial charge on any atom is -0.246 e. The van der Waals surface area contributed by atoms with Gasteiger partial charge in [0.15, 0.2) is 0 Å². The van der Waals surface area contributed by atoms with Crippen molar-refractivity contribution in [3.8, 4) is 0 Å². The smallest absolute Gasteiger partial charge is 0.239 e. The van der Waals surface area contributed by atoms with E-state index in [0.717, 1.165) is 0 Å². The standard InChI is InChI=1S/C10H30ClN8P3/c1-15(2)20(11)12-21(16(3)4,17(5)6)14-22(13-20,18(7)8)19(9)10/h1-10H3. The van der Waals surface area contributed by atoms with Crippen LogP contribution < -0.4 is 0 Å². The van der Waals surface area contributed by atoms with E-state index in [0.29, 0.717) is 0 Å². The first-order valence-corrected chi connectivity index (χ1v) is 12.6. The highest BCUT2D eigenvalue weighted by atomic mass is 35.7. The zero-order valence-corrected chi connectivity index (χ0v) is 18.7. The molecule has 0 aromatic rings. The highest BCUT2D eigenvalue weighted by Gasteiger charge is 2.42. The Balaban J connectivity index is 4.00. The molecule has 0 aromatic heterocycles. The van der Waals surface area contributed by atoms with Gasteiger partial charge in [0, 0.05) is 0 Å². The van der Waals surface area contributed by atoms with Gasteiger partial charge in [-0.3, -0.25) is 0 Å². The quantitative estimate of drug-likeness (QED) is 0.667. The molecule has 0 radical (unpaired) electrons. The average Bonchev–Trinajstić information content (AvgIpc) is 2.36. The molecule has 0 fully saturated rings.